The van der Waals surface area contributed by atoms with Crippen LogP contribution in [-0.2, 0) is 0 Å². The van der Waals surface area contributed by atoms with Crippen molar-refractivity contribution in [1.29, 1.82) is 5.26 Å². The Morgan fingerprint density at radius 1 is 1.25 bits per heavy atom. The van der Waals surface area contributed by atoms with E-state index in [2.05, 4.69) is 16.0 Å². The molecule has 0 aliphatic carbocycles. The molecule has 3 rings (SSSR count). The van der Waals surface area contributed by atoms with Gasteiger partial charge in [0.15, 0.2) is 0 Å². The molecule has 0 saturated carbocycles. The van der Waals surface area contributed by atoms with Crippen LogP contribution in [0.2, 0.25) is 0 Å². The minimum atomic E-state index is 0.559. The van der Waals surface area contributed by atoms with Gasteiger partial charge in [-0.15, -0.1) is 0 Å². The highest BCUT2D eigenvalue weighted by molar-refractivity contribution is 5.83. The number of rotatable bonds is 2. The Labute approximate surface area is 116 Å². The van der Waals surface area contributed by atoms with Crippen LogP contribution in [0.1, 0.15) is 5.56 Å². The maximum atomic E-state index is 8.87. The summed E-state index contributed by atoms with van der Waals surface area (Å²) in [6.07, 6.45) is 1.67. The van der Waals surface area contributed by atoms with E-state index in [1.54, 1.807) is 18.5 Å². The Kier molecular flexibility index (Phi) is 2.77. The Balaban J connectivity index is 2.03. The van der Waals surface area contributed by atoms with Crippen LogP contribution in [0, 0.1) is 11.3 Å². The van der Waals surface area contributed by atoms with Gasteiger partial charge in [-0.05, 0) is 36.4 Å². The Morgan fingerprint density at radius 3 is 2.85 bits per heavy atom. The second kappa shape index (κ2) is 4.59. The lowest BCUT2D eigenvalue weighted by atomic mass is 10.1. The van der Waals surface area contributed by atoms with Crippen molar-refractivity contribution in [3.8, 4) is 6.07 Å². The number of imidazole rings is 1. The van der Waals surface area contributed by atoms with E-state index in [0.717, 1.165) is 22.4 Å². The highest BCUT2D eigenvalue weighted by atomic mass is 15.1. The van der Waals surface area contributed by atoms with Crippen LogP contribution in [0.25, 0.3) is 11.0 Å². The fraction of sp³-hybridized carbons (Fsp3) is 0.0667. The zero-order valence-corrected chi connectivity index (χ0v) is 11.0. The van der Waals surface area contributed by atoms with E-state index < -0.39 is 0 Å². The molecule has 0 aliphatic heterocycles. The zero-order chi connectivity index (χ0) is 14.1. The molecule has 0 saturated heterocycles. The fourth-order valence-corrected chi connectivity index (χ4v) is 2.20. The van der Waals surface area contributed by atoms with Gasteiger partial charge in [0.2, 0.25) is 0 Å². The number of aromatic nitrogens is 2. The van der Waals surface area contributed by atoms with Gasteiger partial charge >= 0.3 is 0 Å². The number of benzene rings is 2. The van der Waals surface area contributed by atoms with Gasteiger partial charge in [-0.25, -0.2) is 4.98 Å². The molecule has 98 valence electrons. The summed E-state index contributed by atoms with van der Waals surface area (Å²) < 4.78 is 0. The second-order valence-corrected chi connectivity index (χ2v) is 4.55. The molecular formula is C15H13N5. The number of nitrogens with zero attached hydrogens (tertiary/aromatic N) is 3. The summed E-state index contributed by atoms with van der Waals surface area (Å²) in [5.74, 6) is 0. The molecule has 0 bridgehead atoms. The summed E-state index contributed by atoms with van der Waals surface area (Å²) in [7, 11) is 1.94. The van der Waals surface area contributed by atoms with E-state index >= 15 is 0 Å². The van der Waals surface area contributed by atoms with Crippen molar-refractivity contribution in [2.45, 2.75) is 0 Å². The Hall–Kier alpha value is -3.00. The molecule has 0 amide bonds. The molecule has 0 unspecified atom stereocenters. The van der Waals surface area contributed by atoms with Crippen LogP contribution in [0.5, 0.6) is 0 Å². The van der Waals surface area contributed by atoms with Crippen molar-refractivity contribution in [1.82, 2.24) is 9.97 Å². The number of hydrogen-bond acceptors (Lipinski definition) is 4. The van der Waals surface area contributed by atoms with Crippen LogP contribution in [-0.4, -0.2) is 17.0 Å². The Morgan fingerprint density at radius 2 is 2.10 bits per heavy atom. The average molecular weight is 263 g/mol. The number of anilines is 3. The summed E-state index contributed by atoms with van der Waals surface area (Å²) in [5, 5.41) is 8.87. The molecule has 3 aromatic rings. The lowest BCUT2D eigenvalue weighted by Gasteiger charge is -2.21. The van der Waals surface area contributed by atoms with Gasteiger partial charge in [0.05, 0.1) is 40.4 Å². The van der Waals surface area contributed by atoms with Gasteiger partial charge < -0.3 is 15.6 Å². The smallest absolute Gasteiger partial charge is 0.0992 e. The summed E-state index contributed by atoms with van der Waals surface area (Å²) in [6, 6.07) is 13.3. The SMILES string of the molecule is CN(c1ccc2nc[nH]c2c1)c1ccc(C#N)cc1N. The first-order chi connectivity index (χ1) is 9.69. The molecule has 1 heterocycles. The first-order valence-electron chi connectivity index (χ1n) is 6.15. The van der Waals surface area contributed by atoms with E-state index in [-0.39, 0.29) is 0 Å². The number of nitrogens with two attached hydrogens (primary N) is 1. The van der Waals surface area contributed by atoms with Gasteiger partial charge in [0, 0.05) is 12.7 Å². The summed E-state index contributed by atoms with van der Waals surface area (Å²) in [5.41, 5.74) is 10.9. The summed E-state index contributed by atoms with van der Waals surface area (Å²) in [6.45, 7) is 0. The quantitative estimate of drug-likeness (QED) is 0.696. The largest absolute Gasteiger partial charge is 0.397 e. The predicted octanol–water partition coefficient (Wildman–Crippen LogP) is 2.78. The van der Waals surface area contributed by atoms with Crippen molar-refractivity contribution in [3.63, 3.8) is 0 Å². The normalized spacial score (nSPS) is 10.4. The molecular weight excluding hydrogens is 250 g/mol. The zero-order valence-electron chi connectivity index (χ0n) is 11.0. The van der Waals surface area contributed by atoms with Gasteiger partial charge in [-0.2, -0.15) is 5.26 Å². The molecule has 5 heteroatoms. The molecule has 2 aromatic carbocycles. The van der Waals surface area contributed by atoms with Crippen LogP contribution in [0.15, 0.2) is 42.7 Å². The van der Waals surface area contributed by atoms with Crippen molar-refractivity contribution in [2.75, 3.05) is 17.7 Å². The molecule has 0 spiro atoms. The molecule has 0 atom stereocenters. The second-order valence-electron chi connectivity index (χ2n) is 4.55. The third-order valence-electron chi connectivity index (χ3n) is 3.31. The first-order valence-corrected chi connectivity index (χ1v) is 6.15. The highest BCUT2D eigenvalue weighted by Gasteiger charge is 2.09. The molecule has 3 N–H and O–H groups in total. The standard InChI is InChI=1S/C15H13N5/c1-20(15-5-2-10(8-16)6-12(15)17)11-3-4-13-14(7-11)19-9-18-13/h2-7,9H,17H2,1H3,(H,18,19). The average Bonchev–Trinajstić information content (AvgIpc) is 2.93. The minimum absolute atomic E-state index is 0.559. The lowest BCUT2D eigenvalue weighted by molar-refractivity contribution is 1.21. The van der Waals surface area contributed by atoms with Crippen LogP contribution >= 0.6 is 0 Å². The topological polar surface area (TPSA) is 81.7 Å². The number of fused-ring (bicyclic) bond motifs is 1. The molecule has 5 nitrogen and oxygen atoms in total. The Bertz CT molecular complexity index is 812. The molecule has 0 aliphatic rings. The summed E-state index contributed by atoms with van der Waals surface area (Å²) >= 11 is 0. The summed E-state index contributed by atoms with van der Waals surface area (Å²) in [4.78, 5) is 9.27. The van der Waals surface area contributed by atoms with Crippen molar-refractivity contribution < 1.29 is 0 Å². The molecule has 0 fully saturated rings. The fourth-order valence-electron chi connectivity index (χ4n) is 2.20. The van der Waals surface area contributed by atoms with Crippen molar-refractivity contribution in [3.05, 3.63) is 48.3 Å². The lowest BCUT2D eigenvalue weighted by Crippen LogP contribution is -2.11. The third kappa shape index (κ3) is 1.93. The minimum Gasteiger partial charge on any atom is -0.397 e. The highest BCUT2D eigenvalue weighted by Crippen LogP contribution is 2.30. The maximum Gasteiger partial charge on any atom is 0.0992 e. The number of nitrogens with one attached hydrogen (secondary N) is 1. The predicted molar refractivity (Wildman–Crippen MR) is 79.7 cm³/mol. The van der Waals surface area contributed by atoms with Crippen molar-refractivity contribution in [2.24, 2.45) is 0 Å². The third-order valence-corrected chi connectivity index (χ3v) is 3.31. The van der Waals surface area contributed by atoms with E-state index in [1.165, 1.54) is 0 Å². The van der Waals surface area contributed by atoms with Crippen LogP contribution in [0.4, 0.5) is 17.1 Å². The number of nitrogen functional groups attached to an aromatic ring is 1. The number of aromatic amines is 1. The molecule has 0 radical (unpaired) electrons. The van der Waals surface area contributed by atoms with Gasteiger partial charge in [0.1, 0.15) is 0 Å². The van der Waals surface area contributed by atoms with E-state index in [9.17, 15) is 0 Å². The van der Waals surface area contributed by atoms with Crippen LogP contribution < -0.4 is 10.6 Å². The monoisotopic (exact) mass is 263 g/mol. The van der Waals surface area contributed by atoms with Gasteiger partial charge in [-0.3, -0.25) is 0 Å². The van der Waals surface area contributed by atoms with E-state index in [4.69, 9.17) is 11.0 Å². The van der Waals surface area contributed by atoms with Gasteiger partial charge in [0.25, 0.3) is 0 Å². The number of nitriles is 1. The number of hydrogen-bond donors (Lipinski definition) is 2. The van der Waals surface area contributed by atoms with E-state index in [1.807, 2.05) is 36.2 Å². The van der Waals surface area contributed by atoms with Gasteiger partial charge in [-0.1, -0.05) is 0 Å². The maximum absolute atomic E-state index is 8.87. The van der Waals surface area contributed by atoms with E-state index in [0.29, 0.717) is 11.3 Å². The molecule has 20 heavy (non-hydrogen) atoms. The van der Waals surface area contributed by atoms with Crippen molar-refractivity contribution >= 4 is 28.1 Å². The number of H-pyrrole nitrogens is 1. The first kappa shape index (κ1) is 12.1. The molecule has 1 aromatic heterocycles. The van der Waals surface area contributed by atoms with Crippen LogP contribution in [0.3, 0.4) is 0 Å².